The predicted molar refractivity (Wildman–Crippen MR) is 144 cm³/mol. The molecule has 1 N–H and O–H groups in total. The van der Waals surface area contributed by atoms with E-state index in [1.54, 1.807) is 66.4 Å². The lowest BCUT2D eigenvalue weighted by atomic mass is 9.86. The van der Waals surface area contributed by atoms with Crippen molar-refractivity contribution in [1.82, 2.24) is 0 Å². The maximum absolute atomic E-state index is 14.0. The van der Waals surface area contributed by atoms with E-state index in [4.69, 9.17) is 4.42 Å². The first-order chi connectivity index (χ1) is 17.0. The summed E-state index contributed by atoms with van der Waals surface area (Å²) in [6.07, 6.45) is 0. The van der Waals surface area contributed by atoms with E-state index in [0.29, 0.717) is 34.5 Å². The molecule has 5 nitrogen and oxygen atoms in total. The fraction of sp³-hybridized carbons (Fsp3) is 0.0714. The van der Waals surface area contributed by atoms with E-state index in [0.717, 1.165) is 20.6 Å². The van der Waals surface area contributed by atoms with Gasteiger partial charge in [-0.1, -0.05) is 58.4 Å². The lowest BCUT2D eigenvalue weighted by molar-refractivity contribution is 0.103. The van der Waals surface area contributed by atoms with Gasteiger partial charge in [-0.05, 0) is 36.4 Å². The second-order valence-electron chi connectivity index (χ2n) is 8.22. The molecule has 1 aromatic heterocycles. The number of fused-ring (bicyclic) bond motifs is 5. The SMILES string of the molecule is O=C(C1=C2SCCN2c2c(c(=O)oc3ccccc23)C1=C(O)c1ccccc1)c1ccc(Br)cc1. The van der Waals surface area contributed by atoms with Gasteiger partial charge in [-0.2, -0.15) is 0 Å². The number of allylic oxidation sites excluding steroid dienone is 2. The van der Waals surface area contributed by atoms with Gasteiger partial charge in [0.1, 0.15) is 11.3 Å². The Bertz CT molecular complexity index is 1620. The van der Waals surface area contributed by atoms with E-state index in [1.807, 2.05) is 29.2 Å². The topological polar surface area (TPSA) is 70.8 Å². The van der Waals surface area contributed by atoms with Crippen molar-refractivity contribution in [3.8, 4) is 0 Å². The largest absolute Gasteiger partial charge is 0.507 e. The average Bonchev–Trinajstić information content (AvgIpc) is 3.37. The highest BCUT2D eigenvalue weighted by Gasteiger charge is 2.41. The van der Waals surface area contributed by atoms with Crippen molar-refractivity contribution in [3.63, 3.8) is 0 Å². The molecule has 3 heterocycles. The Labute approximate surface area is 213 Å². The maximum atomic E-state index is 14.0. The van der Waals surface area contributed by atoms with Gasteiger partial charge in [0.05, 0.1) is 21.9 Å². The van der Waals surface area contributed by atoms with Crippen LogP contribution >= 0.6 is 27.7 Å². The number of halogens is 1. The Morgan fingerprint density at radius 3 is 2.43 bits per heavy atom. The van der Waals surface area contributed by atoms with E-state index < -0.39 is 5.63 Å². The van der Waals surface area contributed by atoms with E-state index in [1.165, 1.54) is 0 Å². The van der Waals surface area contributed by atoms with Gasteiger partial charge in [0.2, 0.25) is 0 Å². The van der Waals surface area contributed by atoms with Crippen LogP contribution in [0.1, 0.15) is 21.5 Å². The number of aliphatic hydroxyl groups excluding tert-OH is 1. The third-order valence-electron chi connectivity index (χ3n) is 6.19. The van der Waals surface area contributed by atoms with Gasteiger partial charge in [-0.3, -0.25) is 4.79 Å². The number of benzene rings is 3. The van der Waals surface area contributed by atoms with E-state index >= 15 is 0 Å². The number of hydrogen-bond acceptors (Lipinski definition) is 6. The zero-order valence-electron chi connectivity index (χ0n) is 18.3. The van der Waals surface area contributed by atoms with Crippen LogP contribution in [-0.2, 0) is 0 Å². The number of ketones is 1. The first-order valence-corrected chi connectivity index (χ1v) is 12.8. The molecule has 0 aliphatic carbocycles. The number of rotatable bonds is 3. The quantitative estimate of drug-likeness (QED) is 0.177. The minimum atomic E-state index is -0.590. The number of aliphatic hydroxyl groups is 1. The Morgan fingerprint density at radius 2 is 1.66 bits per heavy atom. The van der Waals surface area contributed by atoms with Gasteiger partial charge in [0, 0.05) is 38.9 Å². The van der Waals surface area contributed by atoms with Crippen molar-refractivity contribution in [2.45, 2.75) is 0 Å². The molecule has 2 aliphatic rings. The van der Waals surface area contributed by atoms with Crippen molar-refractivity contribution >= 4 is 61.5 Å². The zero-order chi connectivity index (χ0) is 24.1. The number of hydrogen-bond donors (Lipinski definition) is 1. The highest BCUT2D eigenvalue weighted by molar-refractivity contribution is 9.10. The molecule has 0 amide bonds. The number of para-hydroxylation sites is 1. The number of anilines is 1. The zero-order valence-corrected chi connectivity index (χ0v) is 20.7. The van der Waals surface area contributed by atoms with Gasteiger partial charge < -0.3 is 14.4 Å². The normalized spacial score (nSPS) is 16.3. The van der Waals surface area contributed by atoms with Crippen LogP contribution in [0.25, 0.3) is 22.3 Å². The van der Waals surface area contributed by atoms with Crippen molar-refractivity contribution in [1.29, 1.82) is 0 Å². The predicted octanol–water partition coefficient (Wildman–Crippen LogP) is 6.64. The smallest absolute Gasteiger partial charge is 0.346 e. The van der Waals surface area contributed by atoms with Gasteiger partial charge >= 0.3 is 5.63 Å². The Hall–Kier alpha value is -3.55. The summed E-state index contributed by atoms with van der Waals surface area (Å²) in [5.41, 5.74) is 2.25. The molecule has 6 rings (SSSR count). The van der Waals surface area contributed by atoms with E-state index in [2.05, 4.69) is 15.9 Å². The van der Waals surface area contributed by atoms with Crippen LogP contribution in [0, 0.1) is 0 Å². The number of nitrogens with zero attached hydrogens (tertiary/aromatic N) is 1. The lowest BCUT2D eigenvalue weighted by Crippen LogP contribution is -2.30. The highest BCUT2D eigenvalue weighted by atomic mass is 79.9. The van der Waals surface area contributed by atoms with Gasteiger partial charge in [-0.25, -0.2) is 4.79 Å². The molecule has 0 spiro atoms. The first kappa shape index (κ1) is 21.9. The average molecular weight is 544 g/mol. The number of carbonyl (C=O) groups excluding carboxylic acids is 1. The van der Waals surface area contributed by atoms with Gasteiger partial charge in [0.15, 0.2) is 5.78 Å². The fourth-order valence-corrected chi connectivity index (χ4v) is 6.04. The third kappa shape index (κ3) is 3.54. The summed E-state index contributed by atoms with van der Waals surface area (Å²) < 4.78 is 6.55. The monoisotopic (exact) mass is 543 g/mol. The van der Waals surface area contributed by atoms with E-state index in [9.17, 15) is 14.7 Å². The minimum absolute atomic E-state index is 0.130. The summed E-state index contributed by atoms with van der Waals surface area (Å²) in [6.45, 7) is 0.636. The van der Waals surface area contributed by atoms with Crippen LogP contribution in [0.5, 0.6) is 0 Å². The molecule has 3 aromatic carbocycles. The minimum Gasteiger partial charge on any atom is -0.507 e. The van der Waals surface area contributed by atoms with Crippen LogP contribution < -0.4 is 10.5 Å². The molecule has 7 heteroatoms. The second kappa shape index (κ2) is 8.59. The Kier molecular flexibility index (Phi) is 5.39. The molecule has 4 aromatic rings. The van der Waals surface area contributed by atoms with Gasteiger partial charge in [-0.15, -0.1) is 11.8 Å². The third-order valence-corrected chi connectivity index (χ3v) is 7.80. The van der Waals surface area contributed by atoms with Crippen LogP contribution in [-0.4, -0.2) is 23.2 Å². The standard InChI is InChI=1S/C28H18BrNO4S/c29-18-12-10-17(11-13-18)26(32)23-21(25(31)16-6-2-1-3-7-16)22-24(30-14-15-35-27(23)30)19-8-4-5-9-20(19)34-28(22)33/h1-13,31H,14-15H2. The van der Waals surface area contributed by atoms with Crippen LogP contribution in [0.2, 0.25) is 0 Å². The molecular weight excluding hydrogens is 526 g/mol. The molecule has 0 radical (unpaired) electrons. The second-order valence-corrected chi connectivity index (χ2v) is 10.2. The summed E-state index contributed by atoms with van der Waals surface area (Å²) in [5, 5.41) is 13.1. The van der Waals surface area contributed by atoms with Crippen LogP contribution in [0.3, 0.4) is 0 Å². The van der Waals surface area contributed by atoms with Crippen molar-refractivity contribution in [2.75, 3.05) is 17.2 Å². The maximum Gasteiger partial charge on any atom is 0.346 e. The molecule has 0 saturated carbocycles. The molecule has 0 bridgehead atoms. The highest BCUT2D eigenvalue weighted by Crippen LogP contribution is 2.51. The van der Waals surface area contributed by atoms with Crippen molar-refractivity contribution in [2.24, 2.45) is 0 Å². The molecule has 35 heavy (non-hydrogen) atoms. The molecule has 172 valence electrons. The van der Waals surface area contributed by atoms with Crippen molar-refractivity contribution in [3.05, 3.63) is 121 Å². The lowest BCUT2D eigenvalue weighted by Gasteiger charge is -2.31. The molecule has 1 saturated heterocycles. The summed E-state index contributed by atoms with van der Waals surface area (Å²) >= 11 is 4.97. The number of Topliss-reactive ketones (excluding diaryl/α,β-unsaturated/α-hetero) is 1. The molecule has 0 atom stereocenters. The summed E-state index contributed by atoms with van der Waals surface area (Å²) in [4.78, 5) is 29.5. The van der Waals surface area contributed by atoms with Crippen LogP contribution in [0.15, 0.2) is 103 Å². The molecule has 2 aliphatic heterocycles. The number of thioether (sulfide) groups is 1. The molecular formula is C28H18BrNO4S. The first-order valence-electron chi connectivity index (χ1n) is 11.0. The van der Waals surface area contributed by atoms with Gasteiger partial charge in [0.25, 0.3) is 0 Å². The summed E-state index contributed by atoms with van der Waals surface area (Å²) in [6, 6.07) is 23.4. The Morgan fingerprint density at radius 1 is 0.943 bits per heavy atom. The van der Waals surface area contributed by atoms with E-state index in [-0.39, 0.29) is 22.7 Å². The fourth-order valence-electron chi connectivity index (χ4n) is 4.63. The van der Waals surface area contributed by atoms with Crippen LogP contribution in [0.4, 0.5) is 5.69 Å². The Balaban J connectivity index is 1.73. The summed E-state index contributed by atoms with van der Waals surface area (Å²) in [7, 11) is 0. The van der Waals surface area contributed by atoms with Crippen molar-refractivity contribution < 1.29 is 14.3 Å². The summed E-state index contributed by atoms with van der Waals surface area (Å²) in [5.74, 6) is 0.358. The number of carbonyl (C=O) groups is 1. The molecule has 1 fully saturated rings. The molecule has 0 unspecified atom stereocenters.